The zero-order chi connectivity index (χ0) is 28.7. The summed E-state index contributed by atoms with van der Waals surface area (Å²) in [5.41, 5.74) is 1.99. The third kappa shape index (κ3) is 7.97. The van der Waals surface area contributed by atoms with Crippen molar-refractivity contribution in [3.05, 3.63) is 94.0 Å². The van der Waals surface area contributed by atoms with Gasteiger partial charge in [-0.05, 0) is 55.7 Å². The molecule has 3 aromatic rings. The quantitative estimate of drug-likeness (QED) is 0.311. The van der Waals surface area contributed by atoms with Crippen molar-refractivity contribution in [1.82, 2.24) is 10.2 Å². The highest BCUT2D eigenvalue weighted by Crippen LogP contribution is 2.31. The molecule has 0 aliphatic carbocycles. The van der Waals surface area contributed by atoms with Crippen molar-refractivity contribution in [3.8, 4) is 0 Å². The van der Waals surface area contributed by atoms with Gasteiger partial charge in [-0.1, -0.05) is 85.1 Å². The molecule has 208 valence electrons. The van der Waals surface area contributed by atoms with Crippen molar-refractivity contribution in [2.75, 3.05) is 17.4 Å². The van der Waals surface area contributed by atoms with E-state index in [4.69, 9.17) is 23.2 Å². The SMILES string of the molecule is Cc1cccc(CN(C(=O)CN(c2ccc(Cl)c(Cl)c2)S(=O)(=O)c2ccccc2)C(C)C(=O)NCC(C)C)c1. The molecule has 0 spiro atoms. The van der Waals surface area contributed by atoms with E-state index in [0.29, 0.717) is 6.54 Å². The molecule has 1 N–H and O–H groups in total. The number of benzene rings is 3. The highest BCUT2D eigenvalue weighted by molar-refractivity contribution is 7.92. The Morgan fingerprint density at radius 3 is 2.21 bits per heavy atom. The molecule has 0 saturated heterocycles. The molecular formula is C29H33Cl2N3O4S. The predicted octanol–water partition coefficient (Wildman–Crippen LogP) is 5.69. The van der Waals surface area contributed by atoms with Crippen LogP contribution in [0.15, 0.2) is 77.7 Å². The van der Waals surface area contributed by atoms with Crippen LogP contribution < -0.4 is 9.62 Å². The Morgan fingerprint density at radius 2 is 1.59 bits per heavy atom. The average Bonchev–Trinajstić information content (AvgIpc) is 2.90. The van der Waals surface area contributed by atoms with Gasteiger partial charge in [0.1, 0.15) is 12.6 Å². The molecule has 0 aliphatic heterocycles. The molecule has 1 atom stereocenters. The summed E-state index contributed by atoms with van der Waals surface area (Å²) in [5.74, 6) is -0.644. The van der Waals surface area contributed by atoms with Gasteiger partial charge in [-0.3, -0.25) is 13.9 Å². The first-order valence-electron chi connectivity index (χ1n) is 12.6. The largest absolute Gasteiger partial charge is 0.354 e. The van der Waals surface area contributed by atoms with Crippen molar-refractivity contribution in [3.63, 3.8) is 0 Å². The smallest absolute Gasteiger partial charge is 0.264 e. The van der Waals surface area contributed by atoms with Crippen LogP contribution in [0.2, 0.25) is 10.0 Å². The second-order valence-corrected chi connectivity index (χ2v) is 12.4. The molecule has 0 fully saturated rings. The number of carbonyl (C=O) groups is 2. The van der Waals surface area contributed by atoms with Crippen molar-refractivity contribution in [1.29, 1.82) is 0 Å². The van der Waals surface area contributed by atoms with E-state index < -0.39 is 28.5 Å². The second kappa shape index (κ2) is 13.3. The van der Waals surface area contributed by atoms with E-state index in [9.17, 15) is 18.0 Å². The number of nitrogens with zero attached hydrogens (tertiary/aromatic N) is 2. The Bertz CT molecular complexity index is 1420. The van der Waals surface area contributed by atoms with Gasteiger partial charge in [0.25, 0.3) is 10.0 Å². The number of carbonyl (C=O) groups excluding carboxylic acids is 2. The van der Waals surface area contributed by atoms with Gasteiger partial charge in [-0.2, -0.15) is 0 Å². The third-order valence-corrected chi connectivity index (χ3v) is 8.62. The Hall–Kier alpha value is -3.07. The van der Waals surface area contributed by atoms with Crippen LogP contribution in [0.5, 0.6) is 0 Å². The average molecular weight is 591 g/mol. The molecule has 10 heteroatoms. The Morgan fingerprint density at radius 1 is 0.897 bits per heavy atom. The maximum absolute atomic E-state index is 13.9. The van der Waals surface area contributed by atoms with E-state index in [1.54, 1.807) is 25.1 Å². The molecule has 0 saturated carbocycles. The van der Waals surface area contributed by atoms with Crippen molar-refractivity contribution in [2.24, 2.45) is 5.92 Å². The van der Waals surface area contributed by atoms with Crippen LogP contribution in [0.4, 0.5) is 5.69 Å². The number of aryl methyl sites for hydroxylation is 1. The number of sulfonamides is 1. The number of nitrogens with one attached hydrogen (secondary N) is 1. The van der Waals surface area contributed by atoms with Crippen molar-refractivity contribution < 1.29 is 18.0 Å². The fourth-order valence-electron chi connectivity index (χ4n) is 3.93. The number of rotatable bonds is 11. The molecular weight excluding hydrogens is 557 g/mol. The summed E-state index contributed by atoms with van der Waals surface area (Å²) >= 11 is 12.3. The molecule has 7 nitrogen and oxygen atoms in total. The van der Waals surface area contributed by atoms with Gasteiger partial charge >= 0.3 is 0 Å². The first kappa shape index (κ1) is 30.5. The highest BCUT2D eigenvalue weighted by atomic mass is 35.5. The third-order valence-electron chi connectivity index (χ3n) is 6.09. The molecule has 3 aromatic carbocycles. The summed E-state index contributed by atoms with van der Waals surface area (Å²) in [4.78, 5) is 28.4. The van der Waals surface area contributed by atoms with Crippen LogP contribution in [-0.2, 0) is 26.2 Å². The fraction of sp³-hybridized carbons (Fsp3) is 0.310. The first-order valence-corrected chi connectivity index (χ1v) is 14.7. The maximum atomic E-state index is 13.9. The number of hydrogen-bond donors (Lipinski definition) is 1. The minimum atomic E-state index is -4.18. The second-order valence-electron chi connectivity index (χ2n) is 9.75. The summed E-state index contributed by atoms with van der Waals surface area (Å²) in [6.45, 7) is 7.55. The van der Waals surface area contributed by atoms with Gasteiger partial charge in [0, 0.05) is 13.1 Å². The van der Waals surface area contributed by atoms with Gasteiger partial charge in [0.2, 0.25) is 11.8 Å². The van der Waals surface area contributed by atoms with Crippen LogP contribution in [0.25, 0.3) is 0 Å². The van der Waals surface area contributed by atoms with Crippen LogP contribution in [-0.4, -0.2) is 44.3 Å². The summed E-state index contributed by atoms with van der Waals surface area (Å²) in [6.07, 6.45) is 0. The standard InChI is InChI=1S/C29H33Cl2N3O4S/c1-20(2)17-32-29(36)22(4)33(18-23-10-8-9-21(3)15-23)28(35)19-34(24-13-14-26(30)27(31)16-24)39(37,38)25-11-6-5-7-12-25/h5-16,20,22H,17-19H2,1-4H3,(H,32,36). The Balaban J connectivity index is 2.03. The fourth-order valence-corrected chi connectivity index (χ4v) is 5.65. The van der Waals surface area contributed by atoms with Crippen molar-refractivity contribution >= 4 is 50.7 Å². The maximum Gasteiger partial charge on any atom is 0.264 e. The summed E-state index contributed by atoms with van der Waals surface area (Å²) in [6, 6.07) is 18.9. The van der Waals surface area contributed by atoms with E-state index in [0.717, 1.165) is 15.4 Å². The predicted molar refractivity (Wildman–Crippen MR) is 156 cm³/mol. The monoisotopic (exact) mass is 589 g/mol. The molecule has 39 heavy (non-hydrogen) atoms. The first-order chi connectivity index (χ1) is 18.4. The molecule has 2 amide bonds. The molecule has 3 rings (SSSR count). The molecule has 1 unspecified atom stereocenters. The van der Waals surface area contributed by atoms with Gasteiger partial charge in [-0.15, -0.1) is 0 Å². The van der Waals surface area contributed by atoms with E-state index in [1.807, 2.05) is 45.0 Å². The lowest BCUT2D eigenvalue weighted by Crippen LogP contribution is -2.51. The minimum Gasteiger partial charge on any atom is -0.354 e. The molecule has 0 aromatic heterocycles. The summed E-state index contributed by atoms with van der Waals surface area (Å²) in [7, 11) is -4.18. The number of amides is 2. The van der Waals surface area contributed by atoms with Gasteiger partial charge < -0.3 is 10.2 Å². The van der Waals surface area contributed by atoms with Crippen LogP contribution in [0.3, 0.4) is 0 Å². The van der Waals surface area contributed by atoms with Crippen LogP contribution in [0.1, 0.15) is 31.9 Å². The van der Waals surface area contributed by atoms with Gasteiger partial charge in [0.15, 0.2) is 0 Å². The van der Waals surface area contributed by atoms with E-state index in [1.165, 1.54) is 35.2 Å². The highest BCUT2D eigenvalue weighted by Gasteiger charge is 2.32. The lowest BCUT2D eigenvalue weighted by Gasteiger charge is -2.32. The van der Waals surface area contributed by atoms with Gasteiger partial charge in [-0.25, -0.2) is 8.42 Å². The molecule has 0 radical (unpaired) electrons. The zero-order valence-corrected chi connectivity index (χ0v) is 24.7. The normalized spacial score (nSPS) is 12.2. The summed E-state index contributed by atoms with van der Waals surface area (Å²) in [5, 5.41) is 3.27. The molecule has 0 bridgehead atoms. The van der Waals surface area contributed by atoms with E-state index >= 15 is 0 Å². The molecule has 0 heterocycles. The summed E-state index contributed by atoms with van der Waals surface area (Å²) < 4.78 is 28.5. The lowest BCUT2D eigenvalue weighted by atomic mass is 10.1. The topological polar surface area (TPSA) is 86.8 Å². The Labute approximate surface area is 240 Å². The van der Waals surface area contributed by atoms with E-state index in [-0.39, 0.29) is 39.0 Å². The van der Waals surface area contributed by atoms with Crippen LogP contribution in [0, 0.1) is 12.8 Å². The lowest BCUT2D eigenvalue weighted by molar-refractivity contribution is -0.139. The zero-order valence-electron chi connectivity index (χ0n) is 22.4. The van der Waals surface area contributed by atoms with Gasteiger partial charge in [0.05, 0.1) is 20.6 Å². The number of halogens is 2. The number of anilines is 1. The molecule has 0 aliphatic rings. The van der Waals surface area contributed by atoms with Crippen LogP contribution >= 0.6 is 23.2 Å². The minimum absolute atomic E-state index is 0.0110. The van der Waals surface area contributed by atoms with Crippen molar-refractivity contribution in [2.45, 2.75) is 45.2 Å². The van der Waals surface area contributed by atoms with E-state index in [2.05, 4.69) is 5.32 Å². The number of hydrogen-bond acceptors (Lipinski definition) is 4. The Kier molecular flexibility index (Phi) is 10.4.